The second-order valence-electron chi connectivity index (χ2n) is 5.78. The van der Waals surface area contributed by atoms with E-state index in [-0.39, 0.29) is 23.3 Å². The Bertz CT molecular complexity index is 654. The lowest BCUT2D eigenvalue weighted by Crippen LogP contribution is -2.33. The highest BCUT2D eigenvalue weighted by Crippen LogP contribution is 2.63. The number of aryl methyl sites for hydroxylation is 1. The van der Waals surface area contributed by atoms with Crippen molar-refractivity contribution in [1.82, 2.24) is 0 Å². The third kappa shape index (κ3) is 2.68. The fourth-order valence-corrected chi connectivity index (χ4v) is 5.79. The summed E-state index contributed by atoms with van der Waals surface area (Å²) in [7, 11) is -1.71. The summed E-state index contributed by atoms with van der Waals surface area (Å²) in [5.74, 6) is -0.143. The Balaban J connectivity index is 2.48. The van der Waals surface area contributed by atoms with Crippen LogP contribution in [0.4, 0.5) is 0 Å². The number of sulfone groups is 1. The first-order valence-electron chi connectivity index (χ1n) is 7.44. The number of rotatable bonds is 7. The van der Waals surface area contributed by atoms with Gasteiger partial charge in [-0.2, -0.15) is 0 Å². The molecular weight excluding hydrogens is 318 g/mol. The molecule has 0 unspecified atom stereocenters. The maximum Gasteiger partial charge on any atom is 0.154 e. The van der Waals surface area contributed by atoms with Crippen LogP contribution in [0.15, 0.2) is 24.3 Å². The van der Waals surface area contributed by atoms with Crippen LogP contribution in [0.2, 0.25) is 0 Å². The first-order chi connectivity index (χ1) is 10.3. The monoisotopic (exact) mass is 341 g/mol. The van der Waals surface area contributed by atoms with Crippen LogP contribution in [-0.4, -0.2) is 38.1 Å². The zero-order valence-electron chi connectivity index (χ0n) is 13.2. The van der Waals surface area contributed by atoms with Crippen molar-refractivity contribution in [2.24, 2.45) is 11.1 Å². The van der Waals surface area contributed by atoms with E-state index in [0.29, 0.717) is 0 Å². The predicted molar refractivity (Wildman–Crippen MR) is 92.9 cm³/mol. The Morgan fingerprint density at radius 3 is 2.32 bits per heavy atom. The fourth-order valence-electron chi connectivity index (χ4n) is 3.32. The topological polar surface area (TPSA) is 69.4 Å². The second-order valence-corrected chi connectivity index (χ2v) is 8.63. The Labute approximate surface area is 138 Å². The highest BCUT2D eigenvalue weighted by molar-refractivity contribution is 7.92. The van der Waals surface area contributed by atoms with Gasteiger partial charge in [0.1, 0.15) is 0 Å². The van der Waals surface area contributed by atoms with E-state index >= 15 is 0 Å². The minimum absolute atomic E-state index is 0.0787. The van der Waals surface area contributed by atoms with Crippen LogP contribution in [0, 0.1) is 5.41 Å². The summed E-state index contributed by atoms with van der Waals surface area (Å²) in [5.41, 5.74) is 7.32. The van der Waals surface area contributed by atoms with E-state index in [1.807, 2.05) is 24.3 Å². The number of hydrogen-bond acceptors (Lipinski definition) is 4. The molecule has 1 aliphatic rings. The first-order valence-corrected chi connectivity index (χ1v) is 9.56. The van der Waals surface area contributed by atoms with Crippen LogP contribution >= 0.6 is 12.2 Å². The zero-order valence-corrected chi connectivity index (χ0v) is 14.8. The number of nitrogens with two attached hydrogens (primary N) is 1. The molecule has 1 saturated carbocycles. The van der Waals surface area contributed by atoms with Gasteiger partial charge in [-0.3, -0.25) is 0 Å². The highest BCUT2D eigenvalue weighted by Gasteiger charge is 2.72. The molecule has 122 valence electrons. The van der Waals surface area contributed by atoms with Gasteiger partial charge < -0.3 is 10.5 Å². The molecule has 0 radical (unpaired) electrons. The van der Waals surface area contributed by atoms with Crippen molar-refractivity contribution in [3.63, 3.8) is 0 Å². The van der Waals surface area contributed by atoms with Crippen LogP contribution < -0.4 is 5.73 Å². The average molecular weight is 341 g/mol. The molecule has 0 aliphatic heterocycles. The molecule has 22 heavy (non-hydrogen) atoms. The van der Waals surface area contributed by atoms with Gasteiger partial charge in [0.25, 0.3) is 0 Å². The van der Waals surface area contributed by atoms with Crippen molar-refractivity contribution in [1.29, 1.82) is 0 Å². The van der Waals surface area contributed by atoms with Crippen LogP contribution in [-0.2, 0) is 21.0 Å². The lowest BCUT2D eigenvalue weighted by Gasteiger charge is -2.15. The summed E-state index contributed by atoms with van der Waals surface area (Å²) in [4.78, 5) is 0.223. The Hall–Kier alpha value is -0.980. The molecule has 1 fully saturated rings. The minimum Gasteiger partial charge on any atom is -0.393 e. The Morgan fingerprint density at radius 1 is 1.32 bits per heavy atom. The van der Waals surface area contributed by atoms with Gasteiger partial charge in [-0.15, -0.1) is 0 Å². The number of benzene rings is 1. The molecule has 2 rings (SSSR count). The smallest absolute Gasteiger partial charge is 0.154 e. The predicted octanol–water partition coefficient (Wildman–Crippen LogP) is 2.07. The molecule has 0 amide bonds. The summed E-state index contributed by atoms with van der Waals surface area (Å²) >= 11 is 5.21. The molecule has 1 aliphatic carbocycles. The number of thiocarbonyl (C=S) groups is 1. The molecule has 4 nitrogen and oxygen atoms in total. The quantitative estimate of drug-likeness (QED) is 0.769. The molecule has 1 aromatic carbocycles. The van der Waals surface area contributed by atoms with Gasteiger partial charge in [0.05, 0.1) is 22.3 Å². The SMILES string of the molecule is CCc1ccc([C@@H]2[C@H](S(=O)(=O)CC)[C@]2(COC)C(N)=S)cc1. The molecule has 6 heteroatoms. The third-order valence-corrected chi connectivity index (χ3v) is 7.29. The van der Waals surface area contributed by atoms with Crippen LogP contribution in [0.3, 0.4) is 0 Å². The molecule has 0 bridgehead atoms. The molecular formula is C16H23NO3S2. The van der Waals surface area contributed by atoms with E-state index in [9.17, 15) is 8.42 Å². The normalized spacial score (nSPS) is 27.6. The first kappa shape index (κ1) is 17.4. The Kier molecular flexibility index (Phi) is 4.94. The number of methoxy groups -OCH3 is 1. The average Bonchev–Trinajstić information content (AvgIpc) is 3.19. The van der Waals surface area contributed by atoms with E-state index in [1.165, 1.54) is 5.56 Å². The molecule has 1 aromatic rings. The van der Waals surface area contributed by atoms with Gasteiger partial charge in [0, 0.05) is 18.8 Å². The highest BCUT2D eigenvalue weighted by atomic mass is 32.2. The van der Waals surface area contributed by atoms with Crippen molar-refractivity contribution < 1.29 is 13.2 Å². The number of hydrogen-bond donors (Lipinski definition) is 1. The standard InChI is InChI=1S/C16H23NO3S2/c1-4-11-6-8-12(9-7-11)13-14(22(18,19)5-2)16(13,10-20-3)15(17)21/h6-9,13-14H,4-5,10H2,1-3H3,(H2,17,21)/t13-,14+,16-/m1/s1. The molecule has 3 atom stereocenters. The summed E-state index contributed by atoms with van der Waals surface area (Å²) < 4.78 is 30.3. The minimum atomic E-state index is -3.26. The van der Waals surface area contributed by atoms with Crippen molar-refractivity contribution >= 4 is 27.0 Å². The summed E-state index contributed by atoms with van der Waals surface area (Å²) in [6.07, 6.45) is 0.945. The largest absolute Gasteiger partial charge is 0.393 e. The van der Waals surface area contributed by atoms with Crippen molar-refractivity contribution in [2.75, 3.05) is 19.5 Å². The lowest BCUT2D eigenvalue weighted by atomic mass is 9.98. The summed E-state index contributed by atoms with van der Waals surface area (Å²) in [6, 6.07) is 8.02. The van der Waals surface area contributed by atoms with Crippen molar-refractivity contribution in [3.05, 3.63) is 35.4 Å². The summed E-state index contributed by atoms with van der Waals surface area (Å²) in [5, 5.41) is -0.588. The fraction of sp³-hybridized carbons (Fsp3) is 0.562. The molecule has 0 heterocycles. The van der Waals surface area contributed by atoms with Crippen LogP contribution in [0.1, 0.15) is 30.9 Å². The molecule has 2 N–H and O–H groups in total. The maximum absolute atomic E-state index is 12.5. The zero-order chi connectivity index (χ0) is 16.5. The van der Waals surface area contributed by atoms with E-state index in [2.05, 4.69) is 6.92 Å². The van der Waals surface area contributed by atoms with Crippen LogP contribution in [0.25, 0.3) is 0 Å². The van der Waals surface area contributed by atoms with E-state index < -0.39 is 20.5 Å². The van der Waals surface area contributed by atoms with Crippen molar-refractivity contribution in [3.8, 4) is 0 Å². The van der Waals surface area contributed by atoms with E-state index in [1.54, 1.807) is 14.0 Å². The second kappa shape index (κ2) is 6.26. The van der Waals surface area contributed by atoms with Gasteiger partial charge in [0.15, 0.2) is 9.84 Å². The molecule has 0 saturated heterocycles. The van der Waals surface area contributed by atoms with Gasteiger partial charge in [-0.1, -0.05) is 50.3 Å². The Morgan fingerprint density at radius 2 is 1.91 bits per heavy atom. The van der Waals surface area contributed by atoms with Crippen LogP contribution in [0.5, 0.6) is 0 Å². The van der Waals surface area contributed by atoms with Gasteiger partial charge in [0.2, 0.25) is 0 Å². The molecule has 0 spiro atoms. The third-order valence-electron chi connectivity index (χ3n) is 4.63. The van der Waals surface area contributed by atoms with Gasteiger partial charge >= 0.3 is 0 Å². The van der Waals surface area contributed by atoms with Gasteiger partial charge in [-0.05, 0) is 17.5 Å². The number of ether oxygens (including phenoxy) is 1. The van der Waals surface area contributed by atoms with E-state index in [4.69, 9.17) is 22.7 Å². The maximum atomic E-state index is 12.5. The molecule has 0 aromatic heterocycles. The van der Waals surface area contributed by atoms with Gasteiger partial charge in [-0.25, -0.2) is 8.42 Å². The van der Waals surface area contributed by atoms with Crippen molar-refractivity contribution in [2.45, 2.75) is 31.4 Å². The van der Waals surface area contributed by atoms with E-state index in [0.717, 1.165) is 12.0 Å². The lowest BCUT2D eigenvalue weighted by molar-refractivity contribution is 0.166. The summed E-state index contributed by atoms with van der Waals surface area (Å²) in [6.45, 7) is 3.97.